The Labute approximate surface area is 199 Å². The molecule has 0 fully saturated rings. The third kappa shape index (κ3) is 4.74. The van der Waals surface area contributed by atoms with E-state index in [2.05, 4.69) is 0 Å². The molecule has 0 saturated carbocycles. The average Bonchev–Trinajstić information content (AvgIpc) is 3.21. The normalized spacial score (nSPS) is 12.2. The minimum Gasteiger partial charge on any atom is -0.384 e. The van der Waals surface area contributed by atoms with Crippen LogP contribution in [0.15, 0.2) is 77.8 Å². The van der Waals surface area contributed by atoms with Crippen LogP contribution >= 0.6 is 11.6 Å². The molecule has 4 rings (SSSR count). The standard InChI is InChI=1S/C26H25ClN2O3S/c1-17-22(9-6-10-23(17)27)25-28-24(26(2,3)30)16-29(25)20-13-11-18(12-14-20)19-7-5-8-21(15-19)33(4,31)32/h5-16,30H,1-4H3. The fourth-order valence-electron chi connectivity index (χ4n) is 3.63. The van der Waals surface area contributed by atoms with E-state index in [0.29, 0.717) is 16.5 Å². The molecule has 0 unspecified atom stereocenters. The van der Waals surface area contributed by atoms with E-state index in [1.165, 1.54) is 6.26 Å². The Hall–Kier alpha value is -2.93. The van der Waals surface area contributed by atoms with E-state index in [4.69, 9.17) is 16.6 Å². The lowest BCUT2D eigenvalue weighted by atomic mass is 10.1. The van der Waals surface area contributed by atoms with Gasteiger partial charge in [0.25, 0.3) is 0 Å². The minimum absolute atomic E-state index is 0.284. The van der Waals surface area contributed by atoms with Gasteiger partial charge in [-0.25, -0.2) is 13.4 Å². The van der Waals surface area contributed by atoms with Crippen LogP contribution in [0.1, 0.15) is 25.1 Å². The average molecular weight is 481 g/mol. The van der Waals surface area contributed by atoms with Crippen LogP contribution in [0.25, 0.3) is 28.2 Å². The molecular weight excluding hydrogens is 456 g/mol. The molecule has 1 aromatic heterocycles. The molecular formula is C26H25ClN2O3S. The second-order valence-electron chi connectivity index (χ2n) is 8.64. The molecule has 3 aromatic carbocycles. The summed E-state index contributed by atoms with van der Waals surface area (Å²) < 4.78 is 25.8. The van der Waals surface area contributed by atoms with Crippen LogP contribution in [0, 0.1) is 6.92 Å². The Morgan fingerprint density at radius 1 is 0.970 bits per heavy atom. The maximum atomic E-state index is 11.9. The fraction of sp³-hybridized carbons (Fsp3) is 0.192. The molecule has 0 aliphatic heterocycles. The summed E-state index contributed by atoms with van der Waals surface area (Å²) in [5.41, 5.74) is 3.78. The molecule has 33 heavy (non-hydrogen) atoms. The molecule has 7 heteroatoms. The van der Waals surface area contributed by atoms with E-state index < -0.39 is 15.4 Å². The monoisotopic (exact) mass is 480 g/mol. The number of hydrogen-bond acceptors (Lipinski definition) is 4. The maximum absolute atomic E-state index is 11.9. The van der Waals surface area contributed by atoms with Gasteiger partial charge in [0.1, 0.15) is 11.4 Å². The van der Waals surface area contributed by atoms with Crippen molar-refractivity contribution in [3.8, 4) is 28.2 Å². The largest absolute Gasteiger partial charge is 0.384 e. The smallest absolute Gasteiger partial charge is 0.175 e. The van der Waals surface area contributed by atoms with E-state index in [9.17, 15) is 13.5 Å². The molecule has 0 radical (unpaired) electrons. The zero-order chi connectivity index (χ0) is 24.0. The summed E-state index contributed by atoms with van der Waals surface area (Å²) in [5, 5.41) is 11.2. The fourth-order valence-corrected chi connectivity index (χ4v) is 4.47. The van der Waals surface area contributed by atoms with E-state index in [1.807, 2.05) is 66.2 Å². The molecule has 0 aliphatic carbocycles. The SMILES string of the molecule is Cc1c(Cl)cccc1-c1nc(C(C)(C)O)cn1-c1ccc(-c2cccc(S(C)(=O)=O)c2)cc1. The lowest BCUT2D eigenvalue weighted by Gasteiger charge is -2.13. The van der Waals surface area contributed by atoms with Crippen molar-refractivity contribution in [2.45, 2.75) is 31.3 Å². The number of imidazole rings is 1. The van der Waals surface area contributed by atoms with Crippen LogP contribution in [0.3, 0.4) is 0 Å². The van der Waals surface area contributed by atoms with Gasteiger partial charge < -0.3 is 5.11 Å². The van der Waals surface area contributed by atoms with E-state index in [-0.39, 0.29) is 4.90 Å². The van der Waals surface area contributed by atoms with Crippen molar-refractivity contribution in [3.63, 3.8) is 0 Å². The highest BCUT2D eigenvalue weighted by Gasteiger charge is 2.24. The van der Waals surface area contributed by atoms with Gasteiger partial charge in [-0.2, -0.15) is 0 Å². The lowest BCUT2D eigenvalue weighted by molar-refractivity contribution is 0.0743. The molecule has 0 saturated heterocycles. The van der Waals surface area contributed by atoms with Gasteiger partial charge in [0, 0.05) is 28.7 Å². The minimum atomic E-state index is -3.29. The topological polar surface area (TPSA) is 72.2 Å². The third-order valence-electron chi connectivity index (χ3n) is 5.58. The van der Waals surface area contributed by atoms with Crippen molar-refractivity contribution in [2.24, 2.45) is 0 Å². The van der Waals surface area contributed by atoms with E-state index >= 15 is 0 Å². The first kappa shape index (κ1) is 23.2. The Morgan fingerprint density at radius 3 is 2.27 bits per heavy atom. The Balaban J connectivity index is 1.81. The first-order valence-corrected chi connectivity index (χ1v) is 12.7. The second-order valence-corrected chi connectivity index (χ2v) is 11.1. The van der Waals surface area contributed by atoms with Crippen molar-refractivity contribution >= 4 is 21.4 Å². The van der Waals surface area contributed by atoms with E-state index in [0.717, 1.165) is 27.9 Å². The van der Waals surface area contributed by atoms with E-state index in [1.54, 1.807) is 32.0 Å². The number of hydrogen-bond donors (Lipinski definition) is 1. The number of benzene rings is 3. The van der Waals surface area contributed by atoms with Crippen LogP contribution in [-0.2, 0) is 15.4 Å². The Bertz CT molecular complexity index is 1430. The molecule has 4 aromatic rings. The van der Waals surface area contributed by atoms with Gasteiger partial charge in [0.2, 0.25) is 0 Å². The summed E-state index contributed by atoms with van der Waals surface area (Å²) >= 11 is 6.36. The van der Waals surface area contributed by atoms with Gasteiger partial charge >= 0.3 is 0 Å². The van der Waals surface area contributed by atoms with Gasteiger partial charge in [0.05, 0.1) is 10.6 Å². The zero-order valence-corrected chi connectivity index (χ0v) is 20.4. The molecule has 1 N–H and O–H groups in total. The highest BCUT2D eigenvalue weighted by molar-refractivity contribution is 7.90. The molecule has 1 heterocycles. The van der Waals surface area contributed by atoms with Crippen LogP contribution in [0.2, 0.25) is 5.02 Å². The van der Waals surface area contributed by atoms with Gasteiger partial charge in [-0.15, -0.1) is 0 Å². The molecule has 0 aliphatic rings. The van der Waals surface area contributed by atoms with Crippen molar-refractivity contribution in [3.05, 3.63) is 89.2 Å². The summed E-state index contributed by atoms with van der Waals surface area (Å²) in [6, 6.07) is 20.3. The molecule has 170 valence electrons. The molecule has 0 amide bonds. The first-order chi connectivity index (χ1) is 15.4. The molecule has 5 nitrogen and oxygen atoms in total. The number of sulfone groups is 1. The van der Waals surface area contributed by atoms with Crippen LogP contribution in [0.5, 0.6) is 0 Å². The number of halogens is 1. The number of aliphatic hydroxyl groups is 1. The number of aromatic nitrogens is 2. The van der Waals surface area contributed by atoms with Crippen molar-refractivity contribution in [1.29, 1.82) is 0 Å². The zero-order valence-electron chi connectivity index (χ0n) is 18.9. The first-order valence-electron chi connectivity index (χ1n) is 10.4. The van der Waals surface area contributed by atoms with Crippen LogP contribution in [-0.4, -0.2) is 29.3 Å². The second kappa shape index (κ2) is 8.45. The number of rotatable bonds is 5. The van der Waals surface area contributed by atoms with Gasteiger partial charge in [-0.05, 0) is 67.8 Å². The quantitative estimate of drug-likeness (QED) is 0.392. The lowest BCUT2D eigenvalue weighted by Crippen LogP contribution is -2.15. The van der Waals surface area contributed by atoms with Crippen LogP contribution < -0.4 is 0 Å². The Kier molecular flexibility index (Phi) is 5.95. The summed E-state index contributed by atoms with van der Waals surface area (Å²) in [4.78, 5) is 5.02. The summed E-state index contributed by atoms with van der Waals surface area (Å²) in [6.07, 6.45) is 3.03. The predicted octanol–water partition coefficient (Wildman–Crippen LogP) is 5.80. The third-order valence-corrected chi connectivity index (χ3v) is 7.10. The maximum Gasteiger partial charge on any atom is 0.175 e. The van der Waals surface area contributed by atoms with Crippen molar-refractivity contribution in [2.75, 3.05) is 6.26 Å². The summed E-state index contributed by atoms with van der Waals surface area (Å²) in [7, 11) is -3.29. The van der Waals surface area contributed by atoms with Gasteiger partial charge in [-0.1, -0.05) is 48.0 Å². The Morgan fingerprint density at radius 2 is 1.64 bits per heavy atom. The van der Waals surface area contributed by atoms with Gasteiger partial charge in [-0.3, -0.25) is 4.57 Å². The summed E-state index contributed by atoms with van der Waals surface area (Å²) in [5.74, 6) is 0.680. The van der Waals surface area contributed by atoms with Crippen molar-refractivity contribution in [1.82, 2.24) is 9.55 Å². The summed E-state index contributed by atoms with van der Waals surface area (Å²) in [6.45, 7) is 5.34. The number of nitrogens with zero attached hydrogens (tertiary/aromatic N) is 2. The predicted molar refractivity (Wildman–Crippen MR) is 133 cm³/mol. The van der Waals surface area contributed by atoms with Gasteiger partial charge in [0.15, 0.2) is 9.84 Å². The highest BCUT2D eigenvalue weighted by atomic mass is 35.5. The van der Waals surface area contributed by atoms with Crippen molar-refractivity contribution < 1.29 is 13.5 Å². The molecule has 0 bridgehead atoms. The molecule has 0 atom stereocenters. The highest BCUT2D eigenvalue weighted by Crippen LogP contribution is 2.33. The molecule has 0 spiro atoms. The van der Waals surface area contributed by atoms with Crippen LogP contribution in [0.4, 0.5) is 0 Å².